The molecule has 0 aliphatic carbocycles. The van der Waals surface area contributed by atoms with Crippen LogP contribution in [-0.2, 0) is 12.7 Å². The van der Waals surface area contributed by atoms with Crippen LogP contribution in [0.2, 0.25) is 0 Å². The fourth-order valence-corrected chi connectivity index (χ4v) is 2.53. The van der Waals surface area contributed by atoms with E-state index in [9.17, 15) is 18.0 Å². The van der Waals surface area contributed by atoms with E-state index in [1.54, 1.807) is 12.1 Å². The van der Waals surface area contributed by atoms with Crippen molar-refractivity contribution in [3.63, 3.8) is 0 Å². The van der Waals surface area contributed by atoms with Crippen LogP contribution in [0.25, 0.3) is 0 Å². The molecule has 30 heavy (non-hydrogen) atoms. The molecule has 0 saturated heterocycles. The fourth-order valence-electron chi connectivity index (χ4n) is 2.53. The number of nitrogens with one attached hydrogen (secondary N) is 2. The van der Waals surface area contributed by atoms with Gasteiger partial charge in [0.2, 0.25) is 5.75 Å². The molecule has 0 aliphatic rings. The number of hydrogen-bond acceptors (Lipinski definition) is 4. The van der Waals surface area contributed by atoms with Crippen LogP contribution in [0.3, 0.4) is 0 Å². The molecule has 0 aliphatic heterocycles. The topological polar surface area (TPSA) is 68.8 Å². The summed E-state index contributed by atoms with van der Waals surface area (Å²) >= 11 is 0. The summed E-state index contributed by atoms with van der Waals surface area (Å²) in [4.78, 5) is 11.9. The van der Waals surface area contributed by atoms with E-state index in [0.29, 0.717) is 17.2 Å². The van der Waals surface area contributed by atoms with Crippen molar-refractivity contribution >= 4 is 6.03 Å². The molecule has 0 heterocycles. The van der Waals surface area contributed by atoms with Crippen molar-refractivity contribution in [2.24, 2.45) is 0 Å². The lowest BCUT2D eigenvalue weighted by atomic mass is 10.1. The Morgan fingerprint density at radius 1 is 1.00 bits per heavy atom. The predicted molar refractivity (Wildman–Crippen MR) is 105 cm³/mol. The average Bonchev–Trinajstić information content (AvgIpc) is 2.74. The highest BCUT2D eigenvalue weighted by atomic mass is 19.4. The summed E-state index contributed by atoms with van der Waals surface area (Å²) < 4.78 is 53.8. The molecular weight excluding hydrogens is 401 g/mol. The Kier molecular flexibility index (Phi) is 7.81. The van der Waals surface area contributed by atoms with E-state index in [-0.39, 0.29) is 18.7 Å². The largest absolute Gasteiger partial charge is 0.493 e. The molecule has 0 unspecified atom stereocenters. The van der Waals surface area contributed by atoms with Crippen molar-refractivity contribution in [2.75, 3.05) is 27.9 Å². The first kappa shape index (κ1) is 22.7. The first-order chi connectivity index (χ1) is 14.3. The Balaban J connectivity index is 1.91. The van der Waals surface area contributed by atoms with Crippen LogP contribution in [0.4, 0.5) is 18.0 Å². The Morgan fingerprint density at radius 2 is 1.67 bits per heavy atom. The highest BCUT2D eigenvalue weighted by Crippen LogP contribution is 2.38. The van der Waals surface area contributed by atoms with Gasteiger partial charge >= 0.3 is 12.2 Å². The molecular formula is C21H21F3N2O4. The number of urea groups is 1. The Hall–Kier alpha value is -3.54. The van der Waals surface area contributed by atoms with Crippen molar-refractivity contribution in [1.82, 2.24) is 10.6 Å². The van der Waals surface area contributed by atoms with Gasteiger partial charge in [-0.2, -0.15) is 13.2 Å². The number of alkyl halides is 3. The molecule has 2 rings (SSSR count). The predicted octanol–water partition coefficient (Wildman–Crippen LogP) is 3.58. The number of hydrogen-bond donors (Lipinski definition) is 2. The minimum atomic E-state index is -4.43. The second-order valence-corrected chi connectivity index (χ2v) is 5.95. The molecule has 2 N–H and O–H groups in total. The maximum absolute atomic E-state index is 12.7. The SMILES string of the molecule is COc1cc(CNC(=O)NCC#Cc2cccc(C(F)(F)F)c2)cc(OC)c1OC. The van der Waals surface area contributed by atoms with Gasteiger partial charge in [-0.3, -0.25) is 0 Å². The second kappa shape index (κ2) is 10.3. The summed E-state index contributed by atoms with van der Waals surface area (Å²) in [5.41, 5.74) is 0.157. The van der Waals surface area contributed by atoms with Crippen LogP contribution in [-0.4, -0.2) is 33.9 Å². The lowest BCUT2D eigenvalue weighted by Gasteiger charge is -2.14. The zero-order valence-electron chi connectivity index (χ0n) is 16.6. The lowest BCUT2D eigenvalue weighted by Crippen LogP contribution is -2.35. The highest BCUT2D eigenvalue weighted by molar-refractivity contribution is 5.74. The van der Waals surface area contributed by atoms with Crippen LogP contribution in [0, 0.1) is 11.8 Å². The van der Waals surface area contributed by atoms with E-state index >= 15 is 0 Å². The van der Waals surface area contributed by atoms with Gasteiger partial charge in [-0.15, -0.1) is 0 Å². The zero-order valence-corrected chi connectivity index (χ0v) is 16.6. The number of methoxy groups -OCH3 is 3. The van der Waals surface area contributed by atoms with Gasteiger partial charge in [0.05, 0.1) is 33.4 Å². The van der Waals surface area contributed by atoms with Crippen LogP contribution in [0.5, 0.6) is 17.2 Å². The molecule has 0 spiro atoms. The second-order valence-electron chi connectivity index (χ2n) is 5.95. The average molecular weight is 422 g/mol. The summed E-state index contributed by atoms with van der Waals surface area (Å²) in [7, 11) is 4.47. The molecule has 2 aromatic rings. The van der Waals surface area contributed by atoms with E-state index in [1.165, 1.54) is 33.5 Å². The molecule has 9 heteroatoms. The Bertz CT molecular complexity index is 924. The maximum Gasteiger partial charge on any atom is 0.416 e. The van der Waals surface area contributed by atoms with E-state index in [2.05, 4.69) is 22.5 Å². The number of ether oxygens (including phenoxy) is 3. The van der Waals surface area contributed by atoms with Crippen molar-refractivity contribution in [3.05, 3.63) is 53.1 Å². The third-order valence-electron chi connectivity index (χ3n) is 3.94. The molecule has 2 amide bonds. The molecule has 0 fully saturated rings. The van der Waals surface area contributed by atoms with Crippen molar-refractivity contribution < 1.29 is 32.2 Å². The fraction of sp³-hybridized carbons (Fsp3) is 0.286. The minimum Gasteiger partial charge on any atom is -0.493 e. The van der Waals surface area contributed by atoms with Crippen molar-refractivity contribution in [1.29, 1.82) is 0 Å². The zero-order chi connectivity index (χ0) is 22.1. The molecule has 0 aromatic heterocycles. The number of amides is 2. The monoisotopic (exact) mass is 422 g/mol. The summed E-state index contributed by atoms with van der Waals surface area (Å²) in [6.07, 6.45) is -4.43. The number of rotatable bonds is 6. The van der Waals surface area contributed by atoms with Gasteiger partial charge in [0.25, 0.3) is 0 Å². The number of halogens is 3. The number of carbonyl (C=O) groups excluding carboxylic acids is 1. The van der Waals surface area contributed by atoms with Crippen LogP contribution >= 0.6 is 0 Å². The molecule has 0 bridgehead atoms. The van der Waals surface area contributed by atoms with E-state index in [1.807, 2.05) is 0 Å². The minimum absolute atomic E-state index is 0.0304. The Labute approximate surface area is 172 Å². The number of carbonyl (C=O) groups is 1. The van der Waals surface area contributed by atoms with Gasteiger partial charge < -0.3 is 24.8 Å². The quantitative estimate of drug-likeness (QED) is 0.699. The van der Waals surface area contributed by atoms with Gasteiger partial charge in [0.15, 0.2) is 11.5 Å². The Morgan fingerprint density at radius 3 is 2.23 bits per heavy atom. The van der Waals surface area contributed by atoms with Gasteiger partial charge in [-0.1, -0.05) is 17.9 Å². The third kappa shape index (κ3) is 6.24. The summed E-state index contributed by atoms with van der Waals surface area (Å²) in [6.45, 7) is 0.154. The molecule has 0 atom stereocenters. The molecule has 0 saturated carbocycles. The summed E-state index contributed by atoms with van der Waals surface area (Å²) in [6, 6.07) is 7.60. The van der Waals surface area contributed by atoms with Crippen LogP contribution < -0.4 is 24.8 Å². The van der Waals surface area contributed by atoms with Crippen molar-refractivity contribution in [2.45, 2.75) is 12.7 Å². The van der Waals surface area contributed by atoms with Gasteiger partial charge in [0, 0.05) is 12.1 Å². The van der Waals surface area contributed by atoms with Crippen LogP contribution in [0.15, 0.2) is 36.4 Å². The standard InChI is InChI=1S/C21H21F3N2O4/c1-28-17-11-15(12-18(29-2)19(17)30-3)13-26-20(27)25-9-5-7-14-6-4-8-16(10-14)21(22,23)24/h4,6,8,10-12H,9,13H2,1-3H3,(H2,25,26,27). The van der Waals surface area contributed by atoms with Crippen LogP contribution in [0.1, 0.15) is 16.7 Å². The smallest absolute Gasteiger partial charge is 0.416 e. The summed E-state index contributed by atoms with van der Waals surface area (Å²) in [5, 5.41) is 5.16. The molecule has 6 nitrogen and oxygen atoms in total. The third-order valence-corrected chi connectivity index (χ3v) is 3.94. The number of benzene rings is 2. The van der Waals surface area contributed by atoms with Gasteiger partial charge in [0.1, 0.15) is 0 Å². The summed E-state index contributed by atoms with van der Waals surface area (Å²) in [5.74, 6) is 6.57. The molecule has 0 radical (unpaired) electrons. The molecule has 160 valence electrons. The van der Waals surface area contributed by atoms with E-state index in [0.717, 1.165) is 17.7 Å². The van der Waals surface area contributed by atoms with Gasteiger partial charge in [-0.05, 0) is 35.9 Å². The van der Waals surface area contributed by atoms with E-state index in [4.69, 9.17) is 14.2 Å². The first-order valence-electron chi connectivity index (χ1n) is 8.75. The lowest BCUT2D eigenvalue weighted by molar-refractivity contribution is -0.137. The normalized spacial score (nSPS) is 10.5. The highest BCUT2D eigenvalue weighted by Gasteiger charge is 2.30. The first-order valence-corrected chi connectivity index (χ1v) is 8.75. The maximum atomic E-state index is 12.7. The molecule has 2 aromatic carbocycles. The van der Waals surface area contributed by atoms with Crippen molar-refractivity contribution in [3.8, 4) is 29.1 Å². The van der Waals surface area contributed by atoms with E-state index < -0.39 is 17.8 Å². The van der Waals surface area contributed by atoms with Gasteiger partial charge in [-0.25, -0.2) is 4.79 Å².